The molecule has 1 amide bonds. The Hall–Kier alpha value is -3.07. The van der Waals surface area contributed by atoms with Gasteiger partial charge in [0.2, 0.25) is 0 Å². The van der Waals surface area contributed by atoms with Gasteiger partial charge in [0.15, 0.2) is 5.82 Å². The van der Waals surface area contributed by atoms with Gasteiger partial charge in [0.05, 0.1) is 52.5 Å². The van der Waals surface area contributed by atoms with E-state index < -0.39 is 0 Å². The maximum atomic E-state index is 13.4. The lowest BCUT2D eigenvalue weighted by atomic mass is 10.1. The number of ether oxygens (including phenoxy) is 3. The van der Waals surface area contributed by atoms with E-state index in [0.29, 0.717) is 46.5 Å². The number of aromatic nitrogens is 3. The first-order valence-corrected chi connectivity index (χ1v) is 15.4. The quantitative estimate of drug-likeness (QED) is 0.145. The molecule has 0 atom stereocenters. The number of likely N-dealkylation sites (tertiary alicyclic amines) is 1. The Kier molecular flexibility index (Phi) is 9.85. The molecule has 12 heteroatoms. The van der Waals surface area contributed by atoms with Crippen molar-refractivity contribution in [2.45, 2.75) is 32.8 Å². The SMILES string of the molecule is COc1cc(OC)c(I)c(NC(=O)c2csc3c(Nc4ccc(COCCN5CCCCC5)cn4)ncnc23)c1C. The van der Waals surface area contributed by atoms with Crippen LogP contribution in [0.5, 0.6) is 11.5 Å². The summed E-state index contributed by atoms with van der Waals surface area (Å²) in [5, 5.41) is 8.09. The van der Waals surface area contributed by atoms with E-state index in [0.717, 1.165) is 32.5 Å². The van der Waals surface area contributed by atoms with E-state index in [1.54, 1.807) is 25.8 Å². The topological polar surface area (TPSA) is 111 Å². The summed E-state index contributed by atoms with van der Waals surface area (Å²) in [6.45, 7) is 6.47. The summed E-state index contributed by atoms with van der Waals surface area (Å²) in [5.74, 6) is 2.21. The van der Waals surface area contributed by atoms with Gasteiger partial charge in [-0.1, -0.05) is 12.5 Å². The van der Waals surface area contributed by atoms with E-state index in [4.69, 9.17) is 14.2 Å². The highest BCUT2D eigenvalue weighted by Crippen LogP contribution is 2.39. The van der Waals surface area contributed by atoms with Gasteiger partial charge >= 0.3 is 0 Å². The van der Waals surface area contributed by atoms with Crippen molar-refractivity contribution in [3.63, 3.8) is 0 Å². The van der Waals surface area contributed by atoms with Gasteiger partial charge in [0.1, 0.15) is 23.6 Å². The highest BCUT2D eigenvalue weighted by molar-refractivity contribution is 14.1. The van der Waals surface area contributed by atoms with Crippen LogP contribution in [0.3, 0.4) is 0 Å². The summed E-state index contributed by atoms with van der Waals surface area (Å²) in [6, 6.07) is 5.70. The molecule has 1 saturated heterocycles. The Morgan fingerprint density at radius 2 is 1.90 bits per heavy atom. The number of pyridine rings is 1. The lowest BCUT2D eigenvalue weighted by Crippen LogP contribution is -2.32. The van der Waals surface area contributed by atoms with Crippen molar-refractivity contribution in [2.75, 3.05) is 51.1 Å². The van der Waals surface area contributed by atoms with Gasteiger partial charge in [-0.3, -0.25) is 4.79 Å². The van der Waals surface area contributed by atoms with E-state index in [1.807, 2.05) is 25.1 Å². The van der Waals surface area contributed by atoms with Crippen molar-refractivity contribution in [2.24, 2.45) is 0 Å². The minimum Gasteiger partial charge on any atom is -0.496 e. The molecule has 10 nitrogen and oxygen atoms in total. The lowest BCUT2D eigenvalue weighted by Gasteiger charge is -2.26. The predicted octanol–water partition coefficient (Wildman–Crippen LogP) is 6.01. The third kappa shape index (κ3) is 6.88. The molecule has 0 spiro atoms. The zero-order valence-corrected chi connectivity index (χ0v) is 26.3. The van der Waals surface area contributed by atoms with Gasteiger partial charge in [-0.2, -0.15) is 0 Å². The van der Waals surface area contributed by atoms with Crippen LogP contribution in [0, 0.1) is 10.5 Å². The Balaban J connectivity index is 1.25. The summed E-state index contributed by atoms with van der Waals surface area (Å²) in [7, 11) is 3.18. The first kappa shape index (κ1) is 29.4. The van der Waals surface area contributed by atoms with Crippen LogP contribution in [0.25, 0.3) is 10.2 Å². The monoisotopic (exact) mass is 688 g/mol. The molecule has 0 aliphatic carbocycles. The van der Waals surface area contributed by atoms with Gasteiger partial charge in [-0.25, -0.2) is 15.0 Å². The second-order valence-electron chi connectivity index (χ2n) is 9.73. The van der Waals surface area contributed by atoms with Crippen molar-refractivity contribution >= 4 is 67.4 Å². The number of rotatable bonds is 11. The smallest absolute Gasteiger partial charge is 0.258 e. The van der Waals surface area contributed by atoms with E-state index in [2.05, 4.69) is 53.1 Å². The number of halogens is 1. The third-order valence-corrected chi connectivity index (χ3v) is 9.11. The van der Waals surface area contributed by atoms with Crippen LogP contribution < -0.4 is 20.1 Å². The fraction of sp³-hybridized carbons (Fsp3) is 0.379. The van der Waals surface area contributed by atoms with E-state index in [1.165, 1.54) is 50.0 Å². The number of thiophene rings is 1. The number of nitrogens with zero attached hydrogens (tertiary/aromatic N) is 4. The van der Waals surface area contributed by atoms with Crippen LogP contribution in [0.15, 0.2) is 36.1 Å². The van der Waals surface area contributed by atoms with Crippen molar-refractivity contribution in [1.29, 1.82) is 0 Å². The van der Waals surface area contributed by atoms with Crippen LogP contribution in [0.2, 0.25) is 0 Å². The molecule has 1 aliphatic heterocycles. The summed E-state index contributed by atoms with van der Waals surface area (Å²) >= 11 is 3.56. The Morgan fingerprint density at radius 3 is 2.63 bits per heavy atom. The summed E-state index contributed by atoms with van der Waals surface area (Å²) in [6.07, 6.45) is 7.17. The average molecular weight is 689 g/mol. The zero-order valence-electron chi connectivity index (χ0n) is 23.3. The Labute approximate surface area is 257 Å². The molecule has 5 rings (SSSR count). The molecule has 1 fully saturated rings. The predicted molar refractivity (Wildman–Crippen MR) is 170 cm³/mol. The number of fused-ring (bicyclic) bond motifs is 1. The number of carbonyl (C=O) groups is 1. The number of methoxy groups -OCH3 is 2. The molecule has 3 aromatic heterocycles. The normalized spacial score (nSPS) is 13.8. The van der Waals surface area contributed by atoms with Gasteiger partial charge in [0, 0.05) is 29.8 Å². The van der Waals surface area contributed by atoms with Crippen LogP contribution in [0.1, 0.15) is 40.7 Å². The minimum absolute atomic E-state index is 0.278. The number of hydrogen-bond acceptors (Lipinski definition) is 10. The first-order valence-electron chi connectivity index (χ1n) is 13.4. The van der Waals surface area contributed by atoms with E-state index in [9.17, 15) is 4.79 Å². The maximum absolute atomic E-state index is 13.4. The van der Waals surface area contributed by atoms with Crippen LogP contribution in [0.4, 0.5) is 17.3 Å². The van der Waals surface area contributed by atoms with Gasteiger partial charge in [0.25, 0.3) is 5.91 Å². The van der Waals surface area contributed by atoms with Crippen LogP contribution in [-0.2, 0) is 11.3 Å². The molecule has 1 aliphatic rings. The number of amides is 1. The fourth-order valence-corrected chi connectivity index (χ4v) is 6.62. The van der Waals surface area contributed by atoms with Gasteiger partial charge in [-0.15, -0.1) is 11.3 Å². The van der Waals surface area contributed by atoms with Crippen molar-refractivity contribution in [3.05, 3.63) is 56.4 Å². The first-order chi connectivity index (χ1) is 20.0. The standard InChI is InChI=1S/C29H33IN6O4S/c1-18-21(38-2)13-22(39-3)24(30)25(18)35-29(37)20-16-41-27-26(20)32-17-33-28(27)34-23-8-7-19(14-31-23)15-40-12-11-36-9-5-4-6-10-36/h7-8,13-14,16-17H,4-6,9-12,15H2,1-3H3,(H,35,37)(H,31,32,33,34). The number of piperidine rings is 1. The molecule has 216 valence electrons. The number of carbonyl (C=O) groups excluding carboxylic acids is 1. The lowest BCUT2D eigenvalue weighted by molar-refractivity contribution is 0.0862. The highest BCUT2D eigenvalue weighted by Gasteiger charge is 2.21. The fourth-order valence-electron chi connectivity index (χ4n) is 4.76. The molecule has 1 aromatic carbocycles. The molecule has 0 bridgehead atoms. The average Bonchev–Trinajstić information content (AvgIpc) is 3.44. The van der Waals surface area contributed by atoms with Crippen LogP contribution in [-0.4, -0.2) is 66.2 Å². The van der Waals surface area contributed by atoms with E-state index in [-0.39, 0.29) is 5.91 Å². The molecule has 4 aromatic rings. The van der Waals surface area contributed by atoms with Crippen molar-refractivity contribution < 1.29 is 19.0 Å². The van der Waals surface area contributed by atoms with Crippen molar-refractivity contribution in [1.82, 2.24) is 19.9 Å². The second kappa shape index (κ2) is 13.7. The minimum atomic E-state index is -0.278. The summed E-state index contributed by atoms with van der Waals surface area (Å²) < 4.78 is 18.4. The molecule has 4 heterocycles. The summed E-state index contributed by atoms with van der Waals surface area (Å²) in [4.78, 5) is 29.2. The maximum Gasteiger partial charge on any atom is 0.258 e. The summed E-state index contributed by atoms with van der Waals surface area (Å²) in [5.41, 5.74) is 3.47. The largest absolute Gasteiger partial charge is 0.496 e. The molecule has 0 radical (unpaired) electrons. The number of benzene rings is 1. The van der Waals surface area contributed by atoms with Gasteiger partial charge < -0.3 is 29.7 Å². The molecule has 0 saturated carbocycles. The van der Waals surface area contributed by atoms with E-state index >= 15 is 0 Å². The van der Waals surface area contributed by atoms with Crippen molar-refractivity contribution in [3.8, 4) is 11.5 Å². The molecule has 0 unspecified atom stereocenters. The Morgan fingerprint density at radius 1 is 1.10 bits per heavy atom. The molecule has 2 N–H and O–H groups in total. The molecular formula is C29H33IN6O4S. The Bertz CT molecular complexity index is 1480. The number of hydrogen-bond donors (Lipinski definition) is 2. The number of nitrogens with one attached hydrogen (secondary N) is 2. The second-order valence-corrected chi connectivity index (χ2v) is 11.7. The van der Waals surface area contributed by atoms with Crippen LogP contribution >= 0.6 is 33.9 Å². The molecule has 41 heavy (non-hydrogen) atoms. The van der Waals surface area contributed by atoms with Gasteiger partial charge in [-0.05, 0) is 67.1 Å². The zero-order chi connectivity index (χ0) is 28.8. The number of anilines is 3. The molecular weight excluding hydrogens is 655 g/mol. The third-order valence-electron chi connectivity index (χ3n) is 7.06. The highest BCUT2D eigenvalue weighted by atomic mass is 127.